The molecule has 1 atom stereocenters. The van der Waals surface area contributed by atoms with Crippen molar-refractivity contribution in [1.82, 2.24) is 5.32 Å². The van der Waals surface area contributed by atoms with Crippen molar-refractivity contribution in [2.75, 3.05) is 0 Å². The third-order valence-corrected chi connectivity index (χ3v) is 2.95. The molecule has 1 nitrogen and oxygen atoms in total. The molecule has 0 radical (unpaired) electrons. The highest BCUT2D eigenvalue weighted by atomic mass is 35.5. The van der Waals surface area contributed by atoms with Gasteiger partial charge in [-0.05, 0) is 36.6 Å². The molecule has 0 aliphatic rings. The molecule has 0 heterocycles. The fraction of sp³-hybridized carbons (Fsp3) is 0.250. The van der Waals surface area contributed by atoms with E-state index in [1.54, 1.807) is 0 Å². The first kappa shape index (κ1) is 15.7. The first-order valence-electron chi connectivity index (χ1n) is 6.26. The number of rotatable bonds is 5. The molecular weight excluding hydrogens is 261 g/mol. The molecule has 19 heavy (non-hydrogen) atoms. The highest BCUT2D eigenvalue weighted by Crippen LogP contribution is 2.05. The van der Waals surface area contributed by atoms with Crippen molar-refractivity contribution in [2.24, 2.45) is 0 Å². The van der Waals surface area contributed by atoms with Crippen LogP contribution < -0.4 is 5.32 Å². The monoisotopic (exact) mass is 279 g/mol. The van der Waals surface area contributed by atoms with E-state index in [0.717, 1.165) is 18.5 Å². The zero-order chi connectivity index (χ0) is 12.8. The minimum atomic E-state index is -0.184. The lowest BCUT2D eigenvalue weighted by Crippen LogP contribution is -2.27. The Kier molecular flexibility index (Phi) is 6.54. The molecule has 3 heteroatoms. The summed E-state index contributed by atoms with van der Waals surface area (Å²) in [6.07, 6.45) is 1.00. The lowest BCUT2D eigenvalue weighted by molar-refractivity contribution is 0.544. The van der Waals surface area contributed by atoms with Crippen LogP contribution >= 0.6 is 12.4 Å². The van der Waals surface area contributed by atoms with E-state index < -0.39 is 0 Å². The van der Waals surface area contributed by atoms with E-state index in [1.807, 2.05) is 18.2 Å². The van der Waals surface area contributed by atoms with Crippen molar-refractivity contribution >= 4 is 12.4 Å². The summed E-state index contributed by atoms with van der Waals surface area (Å²) in [5.74, 6) is -0.184. The number of halogens is 2. The van der Waals surface area contributed by atoms with Gasteiger partial charge in [-0.1, -0.05) is 42.5 Å². The molecule has 2 aromatic carbocycles. The molecule has 2 rings (SSSR count). The smallest absolute Gasteiger partial charge is 0.123 e. The average molecular weight is 280 g/mol. The molecule has 102 valence electrons. The Labute approximate surface area is 120 Å². The largest absolute Gasteiger partial charge is 0.310 e. The van der Waals surface area contributed by atoms with E-state index in [0.29, 0.717) is 6.04 Å². The summed E-state index contributed by atoms with van der Waals surface area (Å²) in [7, 11) is 0. The van der Waals surface area contributed by atoms with Crippen molar-refractivity contribution in [2.45, 2.75) is 25.9 Å². The van der Waals surface area contributed by atoms with E-state index in [9.17, 15) is 4.39 Å². The van der Waals surface area contributed by atoms with Gasteiger partial charge in [0.05, 0.1) is 0 Å². The molecule has 1 N–H and O–H groups in total. The van der Waals surface area contributed by atoms with Crippen LogP contribution in [-0.4, -0.2) is 6.04 Å². The first-order chi connectivity index (χ1) is 8.74. The molecule has 1 unspecified atom stereocenters. The van der Waals surface area contributed by atoms with E-state index >= 15 is 0 Å². The second-order valence-corrected chi connectivity index (χ2v) is 4.60. The van der Waals surface area contributed by atoms with Crippen molar-refractivity contribution in [3.8, 4) is 0 Å². The topological polar surface area (TPSA) is 12.0 Å². The first-order valence-corrected chi connectivity index (χ1v) is 6.26. The van der Waals surface area contributed by atoms with E-state index in [-0.39, 0.29) is 18.2 Å². The van der Waals surface area contributed by atoms with Gasteiger partial charge in [-0.25, -0.2) is 4.39 Å². The molecule has 0 amide bonds. The summed E-state index contributed by atoms with van der Waals surface area (Å²) < 4.78 is 12.8. The second kappa shape index (κ2) is 7.93. The fourth-order valence-corrected chi connectivity index (χ4v) is 1.93. The second-order valence-electron chi connectivity index (χ2n) is 4.60. The van der Waals surface area contributed by atoms with Crippen LogP contribution in [0.15, 0.2) is 54.6 Å². The molecule has 0 saturated carbocycles. The zero-order valence-corrected chi connectivity index (χ0v) is 11.8. The SMILES string of the molecule is CC(Cc1ccccc1)NCc1ccc(F)cc1.Cl. The molecule has 0 aliphatic carbocycles. The maximum absolute atomic E-state index is 12.8. The summed E-state index contributed by atoms with van der Waals surface area (Å²) in [6.45, 7) is 2.94. The van der Waals surface area contributed by atoms with Crippen molar-refractivity contribution < 1.29 is 4.39 Å². The van der Waals surface area contributed by atoms with Crippen LogP contribution in [0.1, 0.15) is 18.1 Å². The fourth-order valence-electron chi connectivity index (χ4n) is 1.93. The number of benzene rings is 2. The quantitative estimate of drug-likeness (QED) is 0.873. The molecule has 0 saturated heterocycles. The predicted octanol–water partition coefficient (Wildman–Crippen LogP) is 3.97. The van der Waals surface area contributed by atoms with Crippen LogP contribution in [0.2, 0.25) is 0 Å². The Morgan fingerprint density at radius 2 is 1.58 bits per heavy atom. The summed E-state index contributed by atoms with van der Waals surface area (Å²) in [4.78, 5) is 0. The number of nitrogens with one attached hydrogen (secondary N) is 1. The molecule has 2 aromatic rings. The summed E-state index contributed by atoms with van der Waals surface area (Å²) >= 11 is 0. The summed E-state index contributed by atoms with van der Waals surface area (Å²) in [5.41, 5.74) is 2.44. The minimum absolute atomic E-state index is 0. The minimum Gasteiger partial charge on any atom is -0.310 e. The van der Waals surface area contributed by atoms with Gasteiger partial charge in [-0.3, -0.25) is 0 Å². The van der Waals surface area contributed by atoms with Crippen LogP contribution in [0, 0.1) is 5.82 Å². The van der Waals surface area contributed by atoms with Crippen molar-refractivity contribution in [3.05, 3.63) is 71.5 Å². The molecule has 0 aliphatic heterocycles. The van der Waals surface area contributed by atoms with E-state index in [1.165, 1.54) is 17.7 Å². The van der Waals surface area contributed by atoms with Crippen LogP contribution in [0.5, 0.6) is 0 Å². The normalized spacial score (nSPS) is 11.7. The van der Waals surface area contributed by atoms with Crippen molar-refractivity contribution in [3.63, 3.8) is 0 Å². The van der Waals surface area contributed by atoms with Gasteiger partial charge in [-0.15, -0.1) is 12.4 Å². The predicted molar refractivity (Wildman–Crippen MR) is 80.1 cm³/mol. The van der Waals surface area contributed by atoms with Gasteiger partial charge < -0.3 is 5.32 Å². The Bertz CT molecular complexity index is 470. The lowest BCUT2D eigenvalue weighted by atomic mass is 10.1. The van der Waals surface area contributed by atoms with Gasteiger partial charge in [0.15, 0.2) is 0 Å². The number of hydrogen-bond acceptors (Lipinski definition) is 1. The maximum atomic E-state index is 12.8. The van der Waals surface area contributed by atoms with Gasteiger partial charge in [0, 0.05) is 12.6 Å². The number of hydrogen-bond donors (Lipinski definition) is 1. The summed E-state index contributed by atoms with van der Waals surface area (Å²) in [5, 5.41) is 3.44. The molecule has 0 spiro atoms. The Morgan fingerprint density at radius 3 is 2.21 bits per heavy atom. The van der Waals surface area contributed by atoms with Crippen LogP contribution in [0.4, 0.5) is 4.39 Å². The van der Waals surface area contributed by atoms with Crippen LogP contribution in [0.25, 0.3) is 0 Å². The Balaban J connectivity index is 0.00000180. The van der Waals surface area contributed by atoms with Gasteiger partial charge in [0.1, 0.15) is 5.82 Å². The van der Waals surface area contributed by atoms with Gasteiger partial charge in [0.2, 0.25) is 0 Å². The lowest BCUT2D eigenvalue weighted by Gasteiger charge is -2.14. The molecule has 0 fully saturated rings. The van der Waals surface area contributed by atoms with Gasteiger partial charge in [-0.2, -0.15) is 0 Å². The average Bonchev–Trinajstić information content (AvgIpc) is 2.39. The standard InChI is InChI=1S/C16H18FN.ClH/c1-13(11-14-5-3-2-4-6-14)18-12-15-7-9-16(17)10-8-15;/h2-10,13,18H,11-12H2,1H3;1H. The molecule has 0 aromatic heterocycles. The Hall–Kier alpha value is -1.38. The maximum Gasteiger partial charge on any atom is 0.123 e. The van der Waals surface area contributed by atoms with Gasteiger partial charge in [0.25, 0.3) is 0 Å². The highest BCUT2D eigenvalue weighted by Gasteiger charge is 2.02. The van der Waals surface area contributed by atoms with Gasteiger partial charge >= 0.3 is 0 Å². The third-order valence-electron chi connectivity index (χ3n) is 2.95. The Morgan fingerprint density at radius 1 is 0.947 bits per heavy atom. The van der Waals surface area contributed by atoms with Crippen molar-refractivity contribution in [1.29, 1.82) is 0 Å². The van der Waals surface area contributed by atoms with Crippen LogP contribution in [-0.2, 0) is 13.0 Å². The molecular formula is C16H19ClFN. The van der Waals surface area contributed by atoms with E-state index in [4.69, 9.17) is 0 Å². The van der Waals surface area contributed by atoms with Crippen LogP contribution in [0.3, 0.4) is 0 Å². The third kappa shape index (κ3) is 5.41. The molecule has 0 bridgehead atoms. The zero-order valence-electron chi connectivity index (χ0n) is 11.0. The summed E-state index contributed by atoms with van der Waals surface area (Å²) in [6, 6.07) is 17.4. The highest BCUT2D eigenvalue weighted by molar-refractivity contribution is 5.85. The van der Waals surface area contributed by atoms with E-state index in [2.05, 4.69) is 36.5 Å².